The summed E-state index contributed by atoms with van der Waals surface area (Å²) in [6.45, 7) is 0. The van der Waals surface area contributed by atoms with Gasteiger partial charge in [0.15, 0.2) is 17.5 Å². The molecule has 0 radical (unpaired) electrons. The van der Waals surface area contributed by atoms with E-state index in [1.165, 1.54) is 0 Å². The lowest BCUT2D eigenvalue weighted by Gasteiger charge is -2.10. The Hall–Kier alpha value is -4.67. The predicted octanol–water partition coefficient (Wildman–Crippen LogP) is 8.26. The quantitative estimate of drug-likeness (QED) is 0.225. The molecule has 0 saturated heterocycles. The zero-order chi connectivity index (χ0) is 25.0. The van der Waals surface area contributed by atoms with E-state index in [1.807, 2.05) is 72.8 Å². The number of benzene rings is 4. The summed E-state index contributed by atoms with van der Waals surface area (Å²) in [5.74, 6) is 1.94. The molecule has 0 unspecified atom stereocenters. The van der Waals surface area contributed by atoms with Gasteiger partial charge in [-0.2, -0.15) is 0 Å². The van der Waals surface area contributed by atoms with E-state index >= 15 is 0 Å². The lowest BCUT2D eigenvalue weighted by molar-refractivity contribution is 1.07. The van der Waals surface area contributed by atoms with E-state index in [1.54, 1.807) is 6.20 Å². The van der Waals surface area contributed by atoms with Crippen molar-refractivity contribution >= 4 is 11.6 Å². The van der Waals surface area contributed by atoms with E-state index in [9.17, 15) is 0 Å². The van der Waals surface area contributed by atoms with Gasteiger partial charge in [-0.15, -0.1) is 0 Å². The summed E-state index contributed by atoms with van der Waals surface area (Å²) in [7, 11) is 0. The summed E-state index contributed by atoms with van der Waals surface area (Å²) < 4.78 is 0. The standard InChI is InChI=1S/C32H21ClN4/c33-29-21-28(18-19-34-29)27-13-7-12-26(20-27)22-14-16-25(17-15-22)32-36-30(23-8-3-1-4-9-23)35-31(37-32)24-10-5-2-6-11-24/h1-21H. The highest BCUT2D eigenvalue weighted by atomic mass is 35.5. The number of nitrogens with zero attached hydrogens (tertiary/aromatic N) is 4. The molecule has 2 heterocycles. The Morgan fingerprint density at radius 2 is 0.811 bits per heavy atom. The van der Waals surface area contributed by atoms with Crippen LogP contribution in [0.2, 0.25) is 5.15 Å². The maximum atomic E-state index is 6.10. The Bertz CT molecular complexity index is 1610. The Balaban J connectivity index is 1.38. The van der Waals surface area contributed by atoms with Crippen molar-refractivity contribution in [3.8, 4) is 56.4 Å². The molecule has 176 valence electrons. The molecule has 5 heteroatoms. The third-order valence-corrected chi connectivity index (χ3v) is 6.30. The molecule has 6 rings (SSSR count). The third kappa shape index (κ3) is 5.01. The van der Waals surface area contributed by atoms with Gasteiger partial charge in [-0.25, -0.2) is 19.9 Å². The van der Waals surface area contributed by atoms with Crippen LogP contribution >= 0.6 is 11.6 Å². The highest BCUT2D eigenvalue weighted by molar-refractivity contribution is 6.29. The molecule has 4 aromatic carbocycles. The highest BCUT2D eigenvalue weighted by Crippen LogP contribution is 2.30. The van der Waals surface area contributed by atoms with Crippen molar-refractivity contribution in [3.05, 3.63) is 133 Å². The second-order valence-electron chi connectivity index (χ2n) is 8.56. The molecular weight excluding hydrogens is 476 g/mol. The molecule has 0 atom stereocenters. The molecule has 0 N–H and O–H groups in total. The second-order valence-corrected chi connectivity index (χ2v) is 8.95. The Morgan fingerprint density at radius 1 is 0.378 bits per heavy atom. The van der Waals surface area contributed by atoms with Gasteiger partial charge in [0.1, 0.15) is 5.15 Å². The van der Waals surface area contributed by atoms with Crippen LogP contribution in [0.4, 0.5) is 0 Å². The molecule has 4 nitrogen and oxygen atoms in total. The van der Waals surface area contributed by atoms with Gasteiger partial charge >= 0.3 is 0 Å². The molecule has 0 amide bonds. The molecule has 0 spiro atoms. The fraction of sp³-hybridized carbons (Fsp3) is 0. The van der Waals surface area contributed by atoms with Crippen LogP contribution < -0.4 is 0 Å². The summed E-state index contributed by atoms with van der Waals surface area (Å²) in [5, 5.41) is 0.481. The van der Waals surface area contributed by atoms with Gasteiger partial charge in [-0.05, 0) is 40.5 Å². The third-order valence-electron chi connectivity index (χ3n) is 6.10. The molecule has 6 aromatic rings. The summed E-state index contributed by atoms with van der Waals surface area (Å²) in [4.78, 5) is 18.5. The first-order valence-electron chi connectivity index (χ1n) is 11.9. The van der Waals surface area contributed by atoms with Crippen molar-refractivity contribution in [3.63, 3.8) is 0 Å². The van der Waals surface area contributed by atoms with Crippen LogP contribution in [0.25, 0.3) is 56.4 Å². The molecule has 0 aliphatic heterocycles. The number of aromatic nitrogens is 4. The number of hydrogen-bond donors (Lipinski definition) is 0. The van der Waals surface area contributed by atoms with E-state index in [4.69, 9.17) is 26.6 Å². The van der Waals surface area contributed by atoms with Gasteiger partial charge in [0.2, 0.25) is 0 Å². The zero-order valence-electron chi connectivity index (χ0n) is 19.8. The SMILES string of the molecule is Clc1cc(-c2cccc(-c3ccc(-c4nc(-c5ccccc5)nc(-c5ccccc5)n4)cc3)c2)ccn1. The smallest absolute Gasteiger partial charge is 0.164 e. The van der Waals surface area contributed by atoms with Crippen LogP contribution in [0.15, 0.2) is 128 Å². The van der Waals surface area contributed by atoms with Crippen LogP contribution in [0, 0.1) is 0 Å². The molecule has 0 aliphatic carbocycles. The largest absolute Gasteiger partial charge is 0.245 e. The Labute approximate surface area is 220 Å². The summed E-state index contributed by atoms with van der Waals surface area (Å²) >= 11 is 6.10. The van der Waals surface area contributed by atoms with Crippen molar-refractivity contribution in [2.45, 2.75) is 0 Å². The fourth-order valence-corrected chi connectivity index (χ4v) is 4.38. The maximum Gasteiger partial charge on any atom is 0.164 e. The van der Waals surface area contributed by atoms with E-state index in [2.05, 4.69) is 53.5 Å². The van der Waals surface area contributed by atoms with Crippen molar-refractivity contribution in [1.29, 1.82) is 0 Å². The van der Waals surface area contributed by atoms with Gasteiger partial charge in [0.05, 0.1) is 0 Å². The van der Waals surface area contributed by atoms with E-state index in [-0.39, 0.29) is 0 Å². The minimum Gasteiger partial charge on any atom is -0.245 e. The monoisotopic (exact) mass is 496 g/mol. The number of pyridine rings is 1. The number of rotatable bonds is 5. The summed E-state index contributed by atoms with van der Waals surface area (Å²) in [6, 6.07) is 40.5. The normalized spacial score (nSPS) is 10.8. The van der Waals surface area contributed by atoms with Gasteiger partial charge in [-0.1, -0.05) is 115 Å². The minimum absolute atomic E-state index is 0.481. The molecule has 0 saturated carbocycles. The second kappa shape index (κ2) is 10.1. The molecular formula is C32H21ClN4. The summed E-state index contributed by atoms with van der Waals surface area (Å²) in [6.07, 6.45) is 1.72. The highest BCUT2D eigenvalue weighted by Gasteiger charge is 2.12. The molecule has 0 bridgehead atoms. The molecule has 0 fully saturated rings. The van der Waals surface area contributed by atoms with Crippen molar-refractivity contribution in [2.75, 3.05) is 0 Å². The average Bonchev–Trinajstić information content (AvgIpc) is 2.98. The first-order chi connectivity index (χ1) is 18.2. The van der Waals surface area contributed by atoms with Gasteiger partial charge in [-0.3, -0.25) is 0 Å². The number of halogens is 1. The van der Waals surface area contributed by atoms with Gasteiger partial charge in [0.25, 0.3) is 0 Å². The lowest BCUT2D eigenvalue weighted by atomic mass is 9.99. The molecule has 2 aromatic heterocycles. The average molecular weight is 497 g/mol. The lowest BCUT2D eigenvalue weighted by Crippen LogP contribution is -2.00. The fourth-order valence-electron chi connectivity index (χ4n) is 4.21. The van der Waals surface area contributed by atoms with Crippen LogP contribution in [0.1, 0.15) is 0 Å². The predicted molar refractivity (Wildman–Crippen MR) is 150 cm³/mol. The van der Waals surface area contributed by atoms with E-state index < -0.39 is 0 Å². The Kier molecular flexibility index (Phi) is 6.24. The first-order valence-corrected chi connectivity index (χ1v) is 12.3. The summed E-state index contributed by atoms with van der Waals surface area (Å²) in [5.41, 5.74) is 7.17. The van der Waals surface area contributed by atoms with Crippen molar-refractivity contribution < 1.29 is 0 Å². The van der Waals surface area contributed by atoms with Gasteiger partial charge in [0, 0.05) is 22.9 Å². The first kappa shape index (κ1) is 22.8. The van der Waals surface area contributed by atoms with Crippen LogP contribution in [0.5, 0.6) is 0 Å². The van der Waals surface area contributed by atoms with E-state index in [0.717, 1.165) is 38.9 Å². The van der Waals surface area contributed by atoms with Crippen LogP contribution in [-0.2, 0) is 0 Å². The number of hydrogen-bond acceptors (Lipinski definition) is 4. The van der Waals surface area contributed by atoms with Crippen LogP contribution in [0.3, 0.4) is 0 Å². The van der Waals surface area contributed by atoms with Crippen LogP contribution in [-0.4, -0.2) is 19.9 Å². The Morgan fingerprint density at radius 3 is 1.35 bits per heavy atom. The minimum atomic E-state index is 0.481. The molecule has 37 heavy (non-hydrogen) atoms. The van der Waals surface area contributed by atoms with Crippen molar-refractivity contribution in [1.82, 2.24) is 19.9 Å². The zero-order valence-corrected chi connectivity index (χ0v) is 20.5. The topological polar surface area (TPSA) is 51.6 Å². The van der Waals surface area contributed by atoms with Gasteiger partial charge < -0.3 is 0 Å². The van der Waals surface area contributed by atoms with E-state index in [0.29, 0.717) is 22.6 Å². The maximum absolute atomic E-state index is 6.10. The van der Waals surface area contributed by atoms with Crippen molar-refractivity contribution in [2.24, 2.45) is 0 Å². The molecule has 0 aliphatic rings.